The van der Waals surface area contributed by atoms with E-state index in [0.29, 0.717) is 16.9 Å². The zero-order chi connectivity index (χ0) is 22.3. The molecule has 0 fully saturated rings. The van der Waals surface area contributed by atoms with Gasteiger partial charge in [0.2, 0.25) is 0 Å². The molecule has 0 radical (unpaired) electrons. The van der Waals surface area contributed by atoms with E-state index in [1.165, 1.54) is 12.1 Å². The second kappa shape index (κ2) is 7.84. The van der Waals surface area contributed by atoms with Crippen molar-refractivity contribution in [1.29, 1.82) is 0 Å². The van der Waals surface area contributed by atoms with Crippen LogP contribution in [-0.2, 0) is 12.7 Å². The van der Waals surface area contributed by atoms with Crippen molar-refractivity contribution in [2.45, 2.75) is 5.66 Å². The second-order valence-corrected chi connectivity index (χ2v) is 8.22. The summed E-state index contributed by atoms with van der Waals surface area (Å²) in [5.74, 6) is 0. The Morgan fingerprint density at radius 3 is 2.53 bits per heavy atom. The highest BCUT2D eigenvalue weighted by Crippen LogP contribution is 2.38. The van der Waals surface area contributed by atoms with Crippen molar-refractivity contribution in [3.05, 3.63) is 85.1 Å². The van der Waals surface area contributed by atoms with E-state index in [0.717, 1.165) is 27.6 Å². The number of halogens is 2. The van der Waals surface area contributed by atoms with Gasteiger partial charge in [-0.15, -0.1) is 0 Å². The minimum Gasteiger partial charge on any atom is -0.275 e. The van der Waals surface area contributed by atoms with E-state index in [9.17, 15) is 8.78 Å². The summed E-state index contributed by atoms with van der Waals surface area (Å²) in [7, 11) is 3.44. The molecule has 5 aromatic rings. The number of aromatic nitrogens is 5. The monoisotopic (exact) mass is 445 g/mol. The number of rotatable bonds is 4. The third-order valence-corrected chi connectivity index (χ3v) is 5.55. The molecule has 158 valence electrons. The first kappa shape index (κ1) is 20.3. The summed E-state index contributed by atoms with van der Waals surface area (Å²) in [4.78, 5) is 13.5. The molecule has 32 heavy (non-hydrogen) atoms. The lowest BCUT2D eigenvalue weighted by atomic mass is 9.98. The van der Waals surface area contributed by atoms with Gasteiger partial charge in [-0.3, -0.25) is 9.67 Å². The van der Waals surface area contributed by atoms with Crippen LogP contribution in [0, 0.1) is 0 Å². The normalized spacial score (nSPS) is 11.8. The average Bonchev–Trinajstić information content (AvgIpc) is 3.24. The van der Waals surface area contributed by atoms with Crippen molar-refractivity contribution in [3.63, 3.8) is 0 Å². The smallest absolute Gasteiger partial charge is 0.275 e. The van der Waals surface area contributed by atoms with Crippen LogP contribution in [0.5, 0.6) is 0 Å². The molecular weight excluding hydrogens is 427 g/mol. The van der Waals surface area contributed by atoms with E-state index < -0.39 is 5.66 Å². The fraction of sp³-hybridized carbons (Fsp3) is 0.0833. The molecule has 1 unspecified atom stereocenters. The van der Waals surface area contributed by atoms with Crippen LogP contribution in [0.3, 0.4) is 0 Å². The van der Waals surface area contributed by atoms with Gasteiger partial charge < -0.3 is 0 Å². The summed E-state index contributed by atoms with van der Waals surface area (Å²) < 4.78 is 29.5. The molecule has 0 spiro atoms. The molecule has 8 heteroatoms. The molecule has 4 aromatic heterocycles. The number of nitrogens with zero attached hydrogens (tertiary/aromatic N) is 5. The van der Waals surface area contributed by atoms with Gasteiger partial charge in [-0.1, -0.05) is 27.4 Å². The van der Waals surface area contributed by atoms with E-state index in [1.807, 2.05) is 37.5 Å². The van der Waals surface area contributed by atoms with Gasteiger partial charge in [-0.2, -0.15) is 13.9 Å². The maximum absolute atomic E-state index is 13.9. The largest absolute Gasteiger partial charge is 0.283 e. The number of pyridine rings is 3. The highest BCUT2D eigenvalue weighted by Gasteiger charge is 2.24. The fourth-order valence-electron chi connectivity index (χ4n) is 3.65. The van der Waals surface area contributed by atoms with Crippen LogP contribution in [-0.4, -0.2) is 24.7 Å². The standard InChI is InChI=1S/C24H18F2N5P/c1-31-14-18(13-29-31)16-8-17(12-27-11-16)21-10-22(30-23-20(21)6-3-7-28-23)15-4-2-5-19(9-15)24(25,26)32/h2-14H,32H2,1H3. The molecule has 5 rings (SSSR count). The number of alkyl halides is 2. The van der Waals surface area contributed by atoms with Gasteiger partial charge in [0.1, 0.15) is 0 Å². The highest BCUT2D eigenvalue weighted by atomic mass is 31.0. The van der Waals surface area contributed by atoms with Crippen LogP contribution in [0.4, 0.5) is 8.78 Å². The quantitative estimate of drug-likeness (QED) is 0.334. The lowest BCUT2D eigenvalue weighted by molar-refractivity contribution is 0.104. The summed E-state index contributed by atoms with van der Waals surface area (Å²) in [5.41, 5.74) is 2.21. The first-order valence-corrected chi connectivity index (χ1v) is 10.4. The molecular formula is C24H18F2N5P. The minimum absolute atomic E-state index is 0.0929. The predicted octanol–water partition coefficient (Wildman–Crippen LogP) is 5.68. The molecule has 0 amide bonds. The van der Waals surface area contributed by atoms with Crippen LogP contribution in [0.15, 0.2) is 79.5 Å². The highest BCUT2D eigenvalue weighted by molar-refractivity contribution is 7.17. The van der Waals surface area contributed by atoms with E-state index in [2.05, 4.69) is 20.1 Å². The third kappa shape index (κ3) is 3.87. The summed E-state index contributed by atoms with van der Waals surface area (Å²) in [6.07, 6.45) is 8.94. The van der Waals surface area contributed by atoms with E-state index >= 15 is 0 Å². The van der Waals surface area contributed by atoms with Crippen molar-refractivity contribution in [1.82, 2.24) is 24.7 Å². The SMILES string of the molecule is Cn1cc(-c2cncc(-c3cc(-c4cccc(C(F)(F)P)c4)nc4ncccc34)c2)cn1. The zero-order valence-electron chi connectivity index (χ0n) is 17.1. The summed E-state index contributed by atoms with van der Waals surface area (Å²) in [6, 6.07) is 14.0. The molecule has 0 saturated heterocycles. The van der Waals surface area contributed by atoms with Crippen molar-refractivity contribution in [2.75, 3.05) is 0 Å². The molecule has 0 aliphatic rings. The number of benzene rings is 1. The molecule has 0 N–H and O–H groups in total. The van der Waals surface area contributed by atoms with Gasteiger partial charge in [0.05, 0.1) is 11.9 Å². The lowest BCUT2D eigenvalue weighted by Crippen LogP contribution is -2.02. The maximum Gasteiger partial charge on any atom is 0.283 e. The molecule has 0 bridgehead atoms. The van der Waals surface area contributed by atoms with Gasteiger partial charge in [-0.25, -0.2) is 9.97 Å². The van der Waals surface area contributed by atoms with Crippen molar-refractivity contribution < 1.29 is 8.78 Å². The maximum atomic E-state index is 13.9. The molecule has 0 aliphatic carbocycles. The van der Waals surface area contributed by atoms with Gasteiger partial charge in [0, 0.05) is 65.0 Å². The van der Waals surface area contributed by atoms with Gasteiger partial charge >= 0.3 is 0 Å². The number of fused-ring (bicyclic) bond motifs is 1. The Morgan fingerprint density at radius 1 is 0.906 bits per heavy atom. The van der Waals surface area contributed by atoms with Crippen molar-refractivity contribution >= 4 is 20.3 Å². The Bertz CT molecular complexity index is 1440. The first-order chi connectivity index (χ1) is 15.4. The first-order valence-electron chi connectivity index (χ1n) is 9.86. The Balaban J connectivity index is 1.69. The van der Waals surface area contributed by atoms with Crippen LogP contribution in [0.1, 0.15) is 5.56 Å². The van der Waals surface area contributed by atoms with E-state index in [-0.39, 0.29) is 5.56 Å². The molecule has 4 heterocycles. The average molecular weight is 445 g/mol. The Kier molecular flexibility index (Phi) is 4.98. The Morgan fingerprint density at radius 2 is 1.75 bits per heavy atom. The summed E-state index contributed by atoms with van der Waals surface area (Å²) in [5, 5.41) is 5.09. The van der Waals surface area contributed by atoms with Crippen LogP contribution < -0.4 is 0 Å². The number of aryl methyl sites for hydroxylation is 1. The van der Waals surface area contributed by atoms with Gasteiger partial charge in [0.25, 0.3) is 5.66 Å². The fourth-order valence-corrected chi connectivity index (χ4v) is 3.82. The Labute approximate surface area is 185 Å². The van der Waals surface area contributed by atoms with Gasteiger partial charge in [0.15, 0.2) is 5.65 Å². The molecule has 1 atom stereocenters. The van der Waals surface area contributed by atoms with Crippen molar-refractivity contribution in [2.24, 2.45) is 7.05 Å². The second-order valence-electron chi connectivity index (χ2n) is 7.50. The van der Waals surface area contributed by atoms with Crippen LogP contribution in [0.25, 0.3) is 44.5 Å². The third-order valence-electron chi connectivity index (χ3n) is 5.21. The molecule has 0 saturated carbocycles. The predicted molar refractivity (Wildman–Crippen MR) is 124 cm³/mol. The summed E-state index contributed by atoms with van der Waals surface area (Å²) in [6.45, 7) is 0. The minimum atomic E-state index is -3.02. The van der Waals surface area contributed by atoms with Crippen molar-refractivity contribution in [3.8, 4) is 33.5 Å². The van der Waals surface area contributed by atoms with E-state index in [1.54, 1.807) is 50.8 Å². The van der Waals surface area contributed by atoms with Crippen LogP contribution in [0.2, 0.25) is 0 Å². The Hall–Kier alpha value is -3.57. The van der Waals surface area contributed by atoms with Crippen LogP contribution >= 0.6 is 9.24 Å². The topological polar surface area (TPSA) is 56.5 Å². The lowest BCUT2D eigenvalue weighted by Gasteiger charge is -2.13. The van der Waals surface area contributed by atoms with Gasteiger partial charge in [-0.05, 0) is 35.9 Å². The number of hydrogen-bond acceptors (Lipinski definition) is 4. The summed E-state index contributed by atoms with van der Waals surface area (Å²) >= 11 is 0. The zero-order valence-corrected chi connectivity index (χ0v) is 18.2. The molecule has 1 aromatic carbocycles. The van der Waals surface area contributed by atoms with E-state index in [4.69, 9.17) is 0 Å². The molecule has 0 aliphatic heterocycles. The molecule has 5 nitrogen and oxygen atoms in total. The number of hydrogen-bond donors (Lipinski definition) is 0.